The number of carbonyl (C=O) groups is 2. The number of para-hydroxylation sites is 2. The maximum Gasteiger partial charge on any atom is 0.242 e. The number of aromatic nitrogens is 2. The second-order valence-electron chi connectivity index (χ2n) is 9.63. The monoisotopic (exact) mass is 394 g/mol. The average molecular weight is 395 g/mol. The highest BCUT2D eigenvalue weighted by Crippen LogP contribution is 2.60. The Morgan fingerprint density at radius 1 is 1.14 bits per heavy atom. The molecule has 4 saturated carbocycles. The third-order valence-corrected chi connectivity index (χ3v) is 7.36. The molecule has 1 aromatic carbocycles. The largest absolute Gasteiger partial charge is 0.354 e. The molecule has 6 nitrogen and oxygen atoms in total. The molecule has 1 atom stereocenters. The normalized spacial score (nSPS) is 31.0. The highest BCUT2D eigenvalue weighted by molar-refractivity contribution is 5.90. The number of amides is 2. The van der Waals surface area contributed by atoms with Crippen molar-refractivity contribution in [1.82, 2.24) is 20.6 Å². The summed E-state index contributed by atoms with van der Waals surface area (Å²) >= 11 is 0. The maximum absolute atomic E-state index is 13.1. The summed E-state index contributed by atoms with van der Waals surface area (Å²) in [4.78, 5) is 33.4. The second kappa shape index (κ2) is 7.15. The molecule has 1 aromatic heterocycles. The molecule has 2 aromatic rings. The van der Waals surface area contributed by atoms with E-state index in [0.717, 1.165) is 53.9 Å². The van der Waals surface area contributed by atoms with Crippen molar-refractivity contribution in [2.24, 2.45) is 23.2 Å². The van der Waals surface area contributed by atoms with E-state index in [2.05, 4.69) is 20.6 Å². The number of rotatable bonds is 6. The van der Waals surface area contributed by atoms with E-state index in [9.17, 15) is 9.59 Å². The SMILES string of the molecule is C[C@H](NC(=O)C12CC3CC(CC(C3)C1)C2)C(=O)NCCc1nc2ccccc2[nH]1. The maximum atomic E-state index is 13.1. The molecular formula is C23H30N4O2. The van der Waals surface area contributed by atoms with Crippen molar-refractivity contribution < 1.29 is 9.59 Å². The van der Waals surface area contributed by atoms with Crippen LogP contribution in [0.4, 0.5) is 0 Å². The number of carbonyl (C=O) groups excluding carboxylic acids is 2. The van der Waals surface area contributed by atoms with Gasteiger partial charge in [0, 0.05) is 18.4 Å². The van der Waals surface area contributed by atoms with E-state index in [1.807, 2.05) is 24.3 Å². The van der Waals surface area contributed by atoms with Crippen LogP contribution in [0.25, 0.3) is 11.0 Å². The molecule has 0 spiro atoms. The number of fused-ring (bicyclic) bond motifs is 1. The van der Waals surface area contributed by atoms with Crippen molar-refractivity contribution in [2.75, 3.05) is 6.54 Å². The zero-order chi connectivity index (χ0) is 20.0. The molecule has 6 rings (SSSR count). The van der Waals surface area contributed by atoms with Crippen LogP contribution >= 0.6 is 0 Å². The highest BCUT2D eigenvalue weighted by atomic mass is 16.2. The first kappa shape index (κ1) is 18.6. The second-order valence-corrected chi connectivity index (χ2v) is 9.63. The number of benzene rings is 1. The Morgan fingerprint density at radius 3 is 2.45 bits per heavy atom. The van der Waals surface area contributed by atoms with Crippen LogP contribution < -0.4 is 10.6 Å². The van der Waals surface area contributed by atoms with E-state index in [1.165, 1.54) is 19.3 Å². The summed E-state index contributed by atoms with van der Waals surface area (Å²) in [5.41, 5.74) is 1.73. The van der Waals surface area contributed by atoms with Crippen molar-refractivity contribution >= 4 is 22.8 Å². The van der Waals surface area contributed by atoms with Gasteiger partial charge in [-0.3, -0.25) is 9.59 Å². The lowest BCUT2D eigenvalue weighted by molar-refractivity contribution is -0.148. The Kier molecular flexibility index (Phi) is 4.60. The lowest BCUT2D eigenvalue weighted by atomic mass is 9.49. The number of hydrogen-bond donors (Lipinski definition) is 3. The summed E-state index contributed by atoms with van der Waals surface area (Å²) in [6, 6.07) is 7.39. The summed E-state index contributed by atoms with van der Waals surface area (Å²) in [6.07, 6.45) is 7.62. The van der Waals surface area contributed by atoms with Crippen LogP contribution in [0.15, 0.2) is 24.3 Å². The molecule has 0 aliphatic heterocycles. The van der Waals surface area contributed by atoms with Gasteiger partial charge < -0.3 is 15.6 Å². The van der Waals surface area contributed by atoms with Gasteiger partial charge in [-0.1, -0.05) is 12.1 Å². The molecule has 4 aliphatic rings. The zero-order valence-electron chi connectivity index (χ0n) is 17.0. The number of hydrogen-bond acceptors (Lipinski definition) is 3. The number of imidazole rings is 1. The van der Waals surface area contributed by atoms with E-state index >= 15 is 0 Å². The Labute approximate surface area is 171 Å². The zero-order valence-corrected chi connectivity index (χ0v) is 17.0. The Bertz CT molecular complexity index is 866. The fourth-order valence-electron chi connectivity index (χ4n) is 6.39. The number of nitrogens with zero attached hydrogens (tertiary/aromatic N) is 1. The van der Waals surface area contributed by atoms with E-state index in [4.69, 9.17) is 0 Å². The predicted octanol–water partition coefficient (Wildman–Crippen LogP) is 2.94. The fourth-order valence-corrected chi connectivity index (χ4v) is 6.39. The molecule has 29 heavy (non-hydrogen) atoms. The molecule has 0 saturated heterocycles. The highest BCUT2D eigenvalue weighted by Gasteiger charge is 2.54. The lowest BCUT2D eigenvalue weighted by Gasteiger charge is -2.55. The van der Waals surface area contributed by atoms with Gasteiger partial charge in [0.2, 0.25) is 11.8 Å². The fraction of sp³-hybridized carbons (Fsp3) is 0.609. The van der Waals surface area contributed by atoms with Crippen LogP contribution in [0.5, 0.6) is 0 Å². The van der Waals surface area contributed by atoms with Gasteiger partial charge in [0.25, 0.3) is 0 Å². The van der Waals surface area contributed by atoms with Crippen molar-refractivity contribution in [3.8, 4) is 0 Å². The van der Waals surface area contributed by atoms with Crippen LogP contribution in [0, 0.1) is 23.2 Å². The number of H-pyrrole nitrogens is 1. The van der Waals surface area contributed by atoms with Crippen molar-refractivity contribution in [1.29, 1.82) is 0 Å². The summed E-state index contributed by atoms with van der Waals surface area (Å²) < 4.78 is 0. The summed E-state index contributed by atoms with van der Waals surface area (Å²) in [6.45, 7) is 2.28. The van der Waals surface area contributed by atoms with Crippen molar-refractivity contribution in [2.45, 2.75) is 57.9 Å². The van der Waals surface area contributed by atoms with Gasteiger partial charge in [0.15, 0.2) is 0 Å². The quantitative estimate of drug-likeness (QED) is 0.704. The summed E-state index contributed by atoms with van der Waals surface area (Å²) in [5.74, 6) is 3.01. The van der Waals surface area contributed by atoms with E-state index in [1.54, 1.807) is 6.92 Å². The minimum atomic E-state index is -0.508. The first-order valence-corrected chi connectivity index (χ1v) is 11.0. The third-order valence-electron chi connectivity index (χ3n) is 7.36. The van der Waals surface area contributed by atoms with Gasteiger partial charge in [-0.15, -0.1) is 0 Å². The summed E-state index contributed by atoms with van der Waals surface area (Å²) in [5, 5.41) is 5.97. The molecule has 3 N–H and O–H groups in total. The first-order valence-electron chi connectivity index (χ1n) is 11.0. The molecule has 0 unspecified atom stereocenters. The molecule has 1 heterocycles. The van der Waals surface area contributed by atoms with E-state index in [-0.39, 0.29) is 17.2 Å². The van der Waals surface area contributed by atoms with Gasteiger partial charge in [-0.05, 0) is 75.3 Å². The minimum absolute atomic E-state index is 0.108. The Morgan fingerprint density at radius 2 is 1.79 bits per heavy atom. The van der Waals surface area contributed by atoms with Crippen LogP contribution in [0.3, 0.4) is 0 Å². The number of aromatic amines is 1. The van der Waals surface area contributed by atoms with E-state index < -0.39 is 6.04 Å². The molecule has 154 valence electrons. The van der Waals surface area contributed by atoms with Gasteiger partial charge in [-0.25, -0.2) is 4.98 Å². The molecule has 0 radical (unpaired) electrons. The van der Waals surface area contributed by atoms with Gasteiger partial charge in [0.1, 0.15) is 11.9 Å². The smallest absolute Gasteiger partial charge is 0.242 e. The first-order chi connectivity index (χ1) is 14.0. The standard InChI is InChI=1S/C23H30N4O2/c1-14(21(28)24-7-6-20-26-18-4-2-3-5-19(18)27-20)25-22(29)23-11-15-8-16(12-23)10-17(9-15)13-23/h2-5,14-17H,6-13H2,1H3,(H,24,28)(H,25,29)(H,26,27)/t14-,15?,16?,17?,23?/m0/s1. The van der Waals surface area contributed by atoms with Gasteiger partial charge in [0.05, 0.1) is 11.0 Å². The molecule has 4 fully saturated rings. The predicted molar refractivity (Wildman–Crippen MR) is 111 cm³/mol. The number of nitrogens with one attached hydrogen (secondary N) is 3. The molecule has 4 bridgehead atoms. The van der Waals surface area contributed by atoms with Gasteiger partial charge in [-0.2, -0.15) is 0 Å². The van der Waals surface area contributed by atoms with Crippen molar-refractivity contribution in [3.63, 3.8) is 0 Å². The molecular weight excluding hydrogens is 364 g/mol. The van der Waals surface area contributed by atoms with E-state index in [0.29, 0.717) is 13.0 Å². The third kappa shape index (κ3) is 3.53. The lowest BCUT2D eigenvalue weighted by Crippen LogP contribution is -2.56. The summed E-state index contributed by atoms with van der Waals surface area (Å²) in [7, 11) is 0. The Hall–Kier alpha value is -2.37. The molecule has 2 amide bonds. The average Bonchev–Trinajstić information content (AvgIpc) is 3.09. The van der Waals surface area contributed by atoms with Crippen LogP contribution in [-0.4, -0.2) is 34.4 Å². The molecule has 6 heteroatoms. The van der Waals surface area contributed by atoms with Crippen LogP contribution in [-0.2, 0) is 16.0 Å². The van der Waals surface area contributed by atoms with Gasteiger partial charge >= 0.3 is 0 Å². The minimum Gasteiger partial charge on any atom is -0.354 e. The molecule has 4 aliphatic carbocycles. The van der Waals surface area contributed by atoms with Crippen LogP contribution in [0.2, 0.25) is 0 Å². The Balaban J connectivity index is 1.13. The van der Waals surface area contributed by atoms with Crippen LogP contribution in [0.1, 0.15) is 51.3 Å². The topological polar surface area (TPSA) is 86.9 Å². The van der Waals surface area contributed by atoms with Crippen molar-refractivity contribution in [3.05, 3.63) is 30.1 Å².